The third-order valence-electron chi connectivity index (χ3n) is 2.45. The van der Waals surface area contributed by atoms with E-state index >= 15 is 0 Å². The molecule has 1 N–H and O–H groups in total. The minimum Gasteiger partial charge on any atom is -0.494 e. The van der Waals surface area contributed by atoms with Crippen molar-refractivity contribution < 1.29 is 4.74 Å². The van der Waals surface area contributed by atoms with Crippen molar-refractivity contribution in [2.75, 3.05) is 11.9 Å². The first-order chi connectivity index (χ1) is 8.79. The average Bonchev–Trinajstić information content (AvgIpc) is 2.80. The third-order valence-corrected chi connectivity index (χ3v) is 4.38. The summed E-state index contributed by atoms with van der Waals surface area (Å²) in [5.74, 6) is 0.923. The molecule has 0 atom stereocenters. The predicted molar refractivity (Wildman–Crippen MR) is 81.6 cm³/mol. The number of thiophene rings is 1. The van der Waals surface area contributed by atoms with Gasteiger partial charge in [0.25, 0.3) is 0 Å². The lowest BCUT2D eigenvalue weighted by atomic mass is 10.3. The van der Waals surface area contributed by atoms with Crippen molar-refractivity contribution in [3.05, 3.63) is 45.1 Å². The predicted octanol–water partition coefficient (Wildman–Crippen LogP) is 4.91. The van der Waals surface area contributed by atoms with Crippen molar-refractivity contribution in [3.63, 3.8) is 0 Å². The molecule has 4 heteroatoms. The van der Waals surface area contributed by atoms with Crippen LogP contribution >= 0.6 is 27.3 Å². The van der Waals surface area contributed by atoms with Gasteiger partial charge in [-0.2, -0.15) is 0 Å². The Balaban J connectivity index is 1.95. The topological polar surface area (TPSA) is 21.3 Å². The summed E-state index contributed by atoms with van der Waals surface area (Å²) in [5.41, 5.74) is 1.09. The molecule has 1 heterocycles. The van der Waals surface area contributed by atoms with Crippen molar-refractivity contribution in [2.45, 2.75) is 19.9 Å². The van der Waals surface area contributed by atoms with Gasteiger partial charge in [-0.25, -0.2) is 0 Å². The van der Waals surface area contributed by atoms with Gasteiger partial charge < -0.3 is 10.1 Å². The van der Waals surface area contributed by atoms with Crippen LogP contribution in [0.1, 0.15) is 18.2 Å². The van der Waals surface area contributed by atoms with Crippen LogP contribution in [0.3, 0.4) is 0 Å². The van der Waals surface area contributed by atoms with Crippen molar-refractivity contribution in [1.82, 2.24) is 0 Å². The molecule has 96 valence electrons. The molecule has 0 unspecified atom stereocenters. The smallest absolute Gasteiger partial charge is 0.121 e. The maximum Gasteiger partial charge on any atom is 0.121 e. The van der Waals surface area contributed by atoms with Crippen LogP contribution in [0.15, 0.2) is 40.2 Å². The zero-order valence-corrected chi connectivity index (χ0v) is 12.7. The number of hydrogen-bond acceptors (Lipinski definition) is 3. The highest BCUT2D eigenvalue weighted by Gasteiger charge is 2.01. The van der Waals surface area contributed by atoms with Crippen molar-refractivity contribution in [2.24, 2.45) is 0 Å². The van der Waals surface area contributed by atoms with E-state index in [4.69, 9.17) is 4.74 Å². The Morgan fingerprint density at radius 3 is 2.94 bits per heavy atom. The molecular weight excluding hydrogens is 310 g/mol. The number of nitrogens with one attached hydrogen (secondary N) is 1. The highest BCUT2D eigenvalue weighted by atomic mass is 79.9. The number of rotatable bonds is 6. The van der Waals surface area contributed by atoms with Gasteiger partial charge in [0.15, 0.2) is 0 Å². The highest BCUT2D eigenvalue weighted by Crippen LogP contribution is 2.24. The van der Waals surface area contributed by atoms with Crippen LogP contribution in [0, 0.1) is 0 Å². The van der Waals surface area contributed by atoms with Crippen LogP contribution < -0.4 is 10.1 Å². The number of hydrogen-bond donors (Lipinski definition) is 1. The van der Waals surface area contributed by atoms with Gasteiger partial charge in [-0.3, -0.25) is 0 Å². The molecule has 0 saturated carbocycles. The Bertz CT molecular complexity index is 498. The first-order valence-electron chi connectivity index (χ1n) is 5.98. The normalized spacial score (nSPS) is 10.3. The number of benzene rings is 1. The molecule has 1 aromatic heterocycles. The molecule has 18 heavy (non-hydrogen) atoms. The van der Waals surface area contributed by atoms with E-state index in [1.165, 1.54) is 9.35 Å². The molecule has 2 aromatic rings. The molecule has 0 aliphatic heterocycles. The van der Waals surface area contributed by atoms with Gasteiger partial charge in [0.1, 0.15) is 5.75 Å². The fourth-order valence-electron chi connectivity index (χ4n) is 1.55. The molecule has 2 rings (SSSR count). The molecule has 0 fully saturated rings. The molecule has 0 bridgehead atoms. The van der Waals surface area contributed by atoms with Crippen molar-refractivity contribution in [3.8, 4) is 5.75 Å². The Labute approximate surface area is 120 Å². The summed E-state index contributed by atoms with van der Waals surface area (Å²) in [6.07, 6.45) is 1.03. The van der Waals surface area contributed by atoms with Gasteiger partial charge in [0.2, 0.25) is 0 Å². The number of halogens is 1. The Hall–Kier alpha value is -1.00. The second kappa shape index (κ2) is 6.81. The lowest BCUT2D eigenvalue weighted by Crippen LogP contribution is -1.99. The first-order valence-corrected chi connectivity index (χ1v) is 7.65. The average molecular weight is 326 g/mol. The molecule has 0 radical (unpaired) electrons. The Morgan fingerprint density at radius 2 is 2.22 bits per heavy atom. The molecule has 0 amide bonds. The molecule has 0 saturated heterocycles. The summed E-state index contributed by atoms with van der Waals surface area (Å²) in [6.45, 7) is 3.70. The summed E-state index contributed by atoms with van der Waals surface area (Å²) in [7, 11) is 0. The van der Waals surface area contributed by atoms with E-state index in [1.54, 1.807) is 11.3 Å². The first kappa shape index (κ1) is 13.4. The van der Waals surface area contributed by atoms with Crippen LogP contribution in [-0.4, -0.2) is 6.61 Å². The van der Waals surface area contributed by atoms with Crippen LogP contribution in [0.25, 0.3) is 0 Å². The summed E-state index contributed by atoms with van der Waals surface area (Å²) in [6, 6.07) is 10.2. The van der Waals surface area contributed by atoms with E-state index in [9.17, 15) is 0 Å². The number of anilines is 1. The lowest BCUT2D eigenvalue weighted by molar-refractivity contribution is 0.317. The van der Waals surface area contributed by atoms with Gasteiger partial charge in [-0.1, -0.05) is 13.0 Å². The molecule has 2 nitrogen and oxygen atoms in total. The monoisotopic (exact) mass is 325 g/mol. The molecular formula is C14H16BrNOS. The van der Waals surface area contributed by atoms with Crippen molar-refractivity contribution in [1.29, 1.82) is 0 Å². The highest BCUT2D eigenvalue weighted by molar-refractivity contribution is 9.10. The standard InChI is InChI=1S/C14H16BrNOS/c1-2-7-17-12-5-3-4-11(9-12)16-10-14-13(15)6-8-18-14/h3-6,8-9,16H,2,7,10H2,1H3. The van der Waals surface area contributed by atoms with E-state index in [0.29, 0.717) is 0 Å². The van der Waals surface area contributed by atoms with Crippen LogP contribution in [0.4, 0.5) is 5.69 Å². The van der Waals surface area contributed by atoms with Gasteiger partial charge in [-0.05, 0) is 45.9 Å². The van der Waals surface area contributed by atoms with E-state index in [0.717, 1.165) is 31.0 Å². The maximum absolute atomic E-state index is 5.61. The minimum absolute atomic E-state index is 0.764. The molecule has 0 aliphatic rings. The molecule has 0 spiro atoms. The van der Waals surface area contributed by atoms with Gasteiger partial charge >= 0.3 is 0 Å². The maximum atomic E-state index is 5.61. The van der Waals surface area contributed by atoms with E-state index in [-0.39, 0.29) is 0 Å². The van der Waals surface area contributed by atoms with Crippen LogP contribution in [0.2, 0.25) is 0 Å². The lowest BCUT2D eigenvalue weighted by Gasteiger charge is -2.09. The largest absolute Gasteiger partial charge is 0.494 e. The zero-order chi connectivity index (χ0) is 12.8. The summed E-state index contributed by atoms with van der Waals surface area (Å²) >= 11 is 5.28. The number of ether oxygens (including phenoxy) is 1. The van der Waals surface area contributed by atoms with Gasteiger partial charge in [-0.15, -0.1) is 11.3 Å². The van der Waals surface area contributed by atoms with E-state index < -0.39 is 0 Å². The summed E-state index contributed by atoms with van der Waals surface area (Å²) in [4.78, 5) is 1.30. The van der Waals surface area contributed by atoms with E-state index in [2.05, 4.69) is 45.7 Å². The third kappa shape index (κ3) is 3.75. The summed E-state index contributed by atoms with van der Waals surface area (Å²) in [5, 5.41) is 5.49. The molecule has 0 aliphatic carbocycles. The fraction of sp³-hybridized carbons (Fsp3) is 0.286. The Morgan fingerprint density at radius 1 is 1.33 bits per heavy atom. The van der Waals surface area contributed by atoms with Crippen molar-refractivity contribution >= 4 is 33.0 Å². The van der Waals surface area contributed by atoms with Gasteiger partial charge in [0.05, 0.1) is 13.2 Å². The minimum atomic E-state index is 0.764. The second-order valence-electron chi connectivity index (χ2n) is 3.92. The van der Waals surface area contributed by atoms with Gasteiger partial charge in [0, 0.05) is 21.1 Å². The van der Waals surface area contributed by atoms with Crippen LogP contribution in [-0.2, 0) is 6.54 Å². The second-order valence-corrected chi connectivity index (χ2v) is 5.78. The zero-order valence-electron chi connectivity index (χ0n) is 10.3. The SMILES string of the molecule is CCCOc1cccc(NCc2sccc2Br)c1. The fourth-order valence-corrected chi connectivity index (χ4v) is 2.98. The molecule has 1 aromatic carbocycles. The van der Waals surface area contributed by atoms with Crippen LogP contribution in [0.5, 0.6) is 5.75 Å². The van der Waals surface area contributed by atoms with E-state index in [1.807, 2.05) is 18.2 Å². The quantitative estimate of drug-likeness (QED) is 0.814. The Kier molecular flexibility index (Phi) is 5.08. The summed E-state index contributed by atoms with van der Waals surface area (Å²) < 4.78 is 6.78.